The molecular formula is C24H22FNS. The molecule has 0 saturated carbocycles. The molecule has 1 aliphatic carbocycles. The van der Waals surface area contributed by atoms with Crippen molar-refractivity contribution in [1.82, 2.24) is 0 Å². The lowest BCUT2D eigenvalue weighted by atomic mass is 9.94. The molecule has 0 amide bonds. The summed E-state index contributed by atoms with van der Waals surface area (Å²) in [6.45, 7) is 2.17. The van der Waals surface area contributed by atoms with Crippen molar-refractivity contribution in [3.63, 3.8) is 0 Å². The Morgan fingerprint density at radius 3 is 2.74 bits per heavy atom. The lowest BCUT2D eigenvalue weighted by Crippen LogP contribution is -1.98. The first-order valence-electron chi connectivity index (χ1n) is 9.41. The SMILES string of the molecule is CCCCCc1ccc(C#Cc2ccc3c(c2)CCC(N=C=S)=C3)c(F)c1. The summed E-state index contributed by atoms with van der Waals surface area (Å²) in [5.74, 6) is 5.84. The van der Waals surface area contributed by atoms with E-state index in [-0.39, 0.29) is 5.82 Å². The number of hydrogen-bond acceptors (Lipinski definition) is 2. The zero-order valence-electron chi connectivity index (χ0n) is 15.5. The first-order valence-corrected chi connectivity index (χ1v) is 9.82. The highest BCUT2D eigenvalue weighted by Gasteiger charge is 2.10. The smallest absolute Gasteiger partial charge is 0.139 e. The minimum atomic E-state index is -0.236. The number of rotatable bonds is 5. The number of hydrogen-bond donors (Lipinski definition) is 0. The van der Waals surface area contributed by atoms with Crippen molar-refractivity contribution < 1.29 is 4.39 Å². The lowest BCUT2D eigenvalue weighted by molar-refractivity contribution is 0.619. The fourth-order valence-electron chi connectivity index (χ4n) is 3.24. The molecule has 0 radical (unpaired) electrons. The van der Waals surface area contributed by atoms with Gasteiger partial charge in [0.05, 0.1) is 16.4 Å². The average molecular weight is 376 g/mol. The quantitative estimate of drug-likeness (QED) is 0.257. The van der Waals surface area contributed by atoms with Crippen LogP contribution in [0.15, 0.2) is 47.1 Å². The van der Waals surface area contributed by atoms with Gasteiger partial charge in [0.15, 0.2) is 0 Å². The number of fused-ring (bicyclic) bond motifs is 1. The van der Waals surface area contributed by atoms with E-state index in [1.807, 2.05) is 24.3 Å². The molecule has 0 heterocycles. The van der Waals surface area contributed by atoms with E-state index in [0.29, 0.717) is 5.56 Å². The third-order valence-corrected chi connectivity index (χ3v) is 4.84. The zero-order valence-corrected chi connectivity index (χ0v) is 16.3. The second-order valence-corrected chi connectivity index (χ2v) is 6.96. The maximum atomic E-state index is 14.3. The van der Waals surface area contributed by atoms with Crippen molar-refractivity contribution in [3.8, 4) is 11.8 Å². The molecule has 0 aromatic heterocycles. The van der Waals surface area contributed by atoms with Crippen molar-refractivity contribution in [3.05, 3.63) is 75.7 Å². The molecule has 3 rings (SSSR count). The van der Waals surface area contributed by atoms with E-state index < -0.39 is 0 Å². The molecule has 0 unspecified atom stereocenters. The van der Waals surface area contributed by atoms with Crippen LogP contribution in [0.3, 0.4) is 0 Å². The molecule has 2 aromatic rings. The molecule has 0 saturated heterocycles. The summed E-state index contributed by atoms with van der Waals surface area (Å²) in [6, 6.07) is 11.5. The Hall–Kier alpha value is -2.53. The number of benzene rings is 2. The van der Waals surface area contributed by atoms with E-state index >= 15 is 0 Å². The van der Waals surface area contributed by atoms with E-state index in [2.05, 4.69) is 47.2 Å². The molecule has 0 fully saturated rings. The minimum absolute atomic E-state index is 0.236. The fourth-order valence-corrected chi connectivity index (χ4v) is 3.35. The minimum Gasteiger partial charge on any atom is -0.206 e. The van der Waals surface area contributed by atoms with Crippen LogP contribution < -0.4 is 0 Å². The number of nitrogens with zero attached hydrogens (tertiary/aromatic N) is 1. The Labute approximate surface area is 166 Å². The summed E-state index contributed by atoms with van der Waals surface area (Å²) in [5.41, 5.74) is 5.72. The Kier molecular flexibility index (Phi) is 6.71. The highest BCUT2D eigenvalue weighted by molar-refractivity contribution is 7.78. The molecule has 2 aromatic carbocycles. The molecule has 3 heteroatoms. The van der Waals surface area contributed by atoms with Crippen LogP contribution in [0.5, 0.6) is 0 Å². The van der Waals surface area contributed by atoms with Crippen molar-refractivity contribution in [2.45, 2.75) is 45.4 Å². The van der Waals surface area contributed by atoms with Gasteiger partial charge in [-0.2, -0.15) is 4.99 Å². The van der Waals surface area contributed by atoms with E-state index in [0.717, 1.165) is 48.1 Å². The molecule has 0 spiro atoms. The van der Waals surface area contributed by atoms with Gasteiger partial charge in [-0.3, -0.25) is 0 Å². The summed E-state index contributed by atoms with van der Waals surface area (Å²) in [6.07, 6.45) is 8.15. The molecule has 1 aliphatic rings. The van der Waals surface area contributed by atoms with E-state index in [4.69, 9.17) is 0 Å². The molecular weight excluding hydrogens is 353 g/mol. The van der Waals surface area contributed by atoms with Crippen LogP contribution in [-0.4, -0.2) is 5.16 Å². The molecule has 0 bridgehead atoms. The second-order valence-electron chi connectivity index (χ2n) is 6.77. The Morgan fingerprint density at radius 1 is 1.07 bits per heavy atom. The highest BCUT2D eigenvalue weighted by Crippen LogP contribution is 2.25. The van der Waals surface area contributed by atoms with Crippen LogP contribution in [0.25, 0.3) is 6.08 Å². The van der Waals surface area contributed by atoms with Gasteiger partial charge in [-0.25, -0.2) is 4.39 Å². The third kappa shape index (κ3) is 5.23. The topological polar surface area (TPSA) is 12.4 Å². The number of allylic oxidation sites excluding steroid dienone is 1. The number of aliphatic imine (C=N–C) groups is 1. The molecule has 0 aliphatic heterocycles. The lowest BCUT2D eigenvalue weighted by Gasteiger charge is -2.13. The highest BCUT2D eigenvalue weighted by atomic mass is 32.1. The molecule has 27 heavy (non-hydrogen) atoms. The van der Waals surface area contributed by atoms with Crippen molar-refractivity contribution in [1.29, 1.82) is 0 Å². The van der Waals surface area contributed by atoms with Gasteiger partial charge in [0.25, 0.3) is 0 Å². The summed E-state index contributed by atoms with van der Waals surface area (Å²) in [4.78, 5) is 4.08. The van der Waals surface area contributed by atoms with Crippen molar-refractivity contribution in [2.24, 2.45) is 4.99 Å². The van der Waals surface area contributed by atoms with Gasteiger partial charge in [-0.15, -0.1) is 0 Å². The van der Waals surface area contributed by atoms with Gasteiger partial charge in [0.1, 0.15) is 5.82 Å². The Morgan fingerprint density at radius 2 is 1.96 bits per heavy atom. The van der Waals surface area contributed by atoms with Crippen LogP contribution in [0, 0.1) is 17.7 Å². The molecule has 136 valence electrons. The van der Waals surface area contributed by atoms with Gasteiger partial charge in [-0.1, -0.05) is 43.7 Å². The van der Waals surface area contributed by atoms with Crippen molar-refractivity contribution >= 4 is 23.5 Å². The maximum Gasteiger partial charge on any atom is 0.139 e. The monoisotopic (exact) mass is 375 g/mol. The van der Waals surface area contributed by atoms with Crippen LogP contribution in [0.1, 0.15) is 60.4 Å². The Bertz CT molecular complexity index is 972. The first kappa shape index (κ1) is 19.2. The number of aryl methyl sites for hydroxylation is 2. The zero-order chi connectivity index (χ0) is 19.1. The number of thiocarbonyl (C=S) groups is 1. The molecule has 1 nitrogen and oxygen atoms in total. The number of unbranched alkanes of at least 4 members (excludes halogenated alkanes) is 2. The van der Waals surface area contributed by atoms with Crippen molar-refractivity contribution in [2.75, 3.05) is 0 Å². The van der Waals surface area contributed by atoms with Gasteiger partial charge in [-0.05, 0) is 84.9 Å². The van der Waals surface area contributed by atoms with Crippen LogP contribution in [0.2, 0.25) is 0 Å². The average Bonchev–Trinajstić information content (AvgIpc) is 2.68. The molecule has 0 N–H and O–H groups in total. The largest absolute Gasteiger partial charge is 0.206 e. The first-order chi connectivity index (χ1) is 13.2. The van der Waals surface area contributed by atoms with Gasteiger partial charge >= 0.3 is 0 Å². The molecule has 0 atom stereocenters. The van der Waals surface area contributed by atoms with E-state index in [1.165, 1.54) is 18.4 Å². The van der Waals surface area contributed by atoms with E-state index in [1.54, 1.807) is 12.1 Å². The Balaban J connectivity index is 1.76. The van der Waals surface area contributed by atoms with E-state index in [9.17, 15) is 4.39 Å². The van der Waals surface area contributed by atoms with Gasteiger partial charge in [0.2, 0.25) is 0 Å². The van der Waals surface area contributed by atoms with Crippen LogP contribution >= 0.6 is 12.2 Å². The summed E-state index contributed by atoms with van der Waals surface area (Å²) in [5, 5.41) is 2.42. The fraction of sp³-hybridized carbons (Fsp3) is 0.292. The van der Waals surface area contributed by atoms with Crippen LogP contribution in [-0.2, 0) is 12.8 Å². The predicted molar refractivity (Wildman–Crippen MR) is 113 cm³/mol. The van der Waals surface area contributed by atoms with Gasteiger partial charge < -0.3 is 0 Å². The van der Waals surface area contributed by atoms with Gasteiger partial charge in [0, 0.05) is 5.56 Å². The third-order valence-electron chi connectivity index (χ3n) is 4.75. The standard InChI is InChI=1S/C24H22FNS/c1-2-3-4-5-18-6-9-20(24(25)15-18)10-7-19-8-11-22-16-23(26-17-27)13-12-21(22)14-19/h6,8-9,11,14-16H,2-5,12-13H2,1H3. The predicted octanol–water partition coefficient (Wildman–Crippen LogP) is 6.35. The summed E-state index contributed by atoms with van der Waals surface area (Å²) >= 11 is 4.67. The number of halogens is 1. The summed E-state index contributed by atoms with van der Waals surface area (Å²) in [7, 11) is 0. The second kappa shape index (κ2) is 9.42. The normalized spacial score (nSPS) is 12.3. The number of isothiocyanates is 1. The maximum absolute atomic E-state index is 14.3. The van der Waals surface area contributed by atoms with Crippen LogP contribution in [0.4, 0.5) is 4.39 Å². The summed E-state index contributed by atoms with van der Waals surface area (Å²) < 4.78 is 14.3.